The molecule has 0 atom stereocenters. The monoisotopic (exact) mass is 382 g/mol. The third-order valence-electron chi connectivity index (χ3n) is 5.25. The van der Waals surface area contributed by atoms with Crippen LogP contribution < -0.4 is 9.47 Å². The fourth-order valence-corrected chi connectivity index (χ4v) is 3.39. The Kier molecular flexibility index (Phi) is 5.87. The van der Waals surface area contributed by atoms with E-state index in [1.165, 1.54) is 14.2 Å². The molecule has 0 aliphatic carbocycles. The number of benzene rings is 2. The van der Waals surface area contributed by atoms with Crippen molar-refractivity contribution in [2.45, 2.75) is 13.8 Å². The fourth-order valence-electron chi connectivity index (χ4n) is 3.39. The van der Waals surface area contributed by atoms with Crippen LogP contribution in [-0.2, 0) is 0 Å². The van der Waals surface area contributed by atoms with Crippen LogP contribution in [0.4, 0.5) is 0 Å². The van der Waals surface area contributed by atoms with Gasteiger partial charge in [-0.15, -0.1) is 0 Å². The van der Waals surface area contributed by atoms with Crippen LogP contribution in [0.15, 0.2) is 36.4 Å². The molecule has 1 fully saturated rings. The molecule has 28 heavy (non-hydrogen) atoms. The molecular formula is C22H26N2O4. The summed E-state index contributed by atoms with van der Waals surface area (Å²) in [5, 5.41) is 0. The lowest BCUT2D eigenvalue weighted by atomic mass is 10.1. The second kappa shape index (κ2) is 8.33. The molecule has 1 saturated heterocycles. The maximum Gasteiger partial charge on any atom is 0.261 e. The van der Waals surface area contributed by atoms with Gasteiger partial charge < -0.3 is 19.3 Å². The van der Waals surface area contributed by atoms with Crippen molar-refractivity contribution in [3.63, 3.8) is 0 Å². The molecule has 0 bridgehead atoms. The van der Waals surface area contributed by atoms with E-state index in [4.69, 9.17) is 9.47 Å². The van der Waals surface area contributed by atoms with Gasteiger partial charge in [-0.05, 0) is 49.2 Å². The summed E-state index contributed by atoms with van der Waals surface area (Å²) in [5.74, 6) is 0.827. The van der Waals surface area contributed by atoms with Crippen molar-refractivity contribution in [3.8, 4) is 11.5 Å². The third kappa shape index (κ3) is 3.81. The average Bonchev–Trinajstić information content (AvgIpc) is 2.74. The number of rotatable bonds is 4. The first kappa shape index (κ1) is 19.7. The van der Waals surface area contributed by atoms with Crippen molar-refractivity contribution in [2.75, 3.05) is 40.4 Å². The van der Waals surface area contributed by atoms with E-state index in [1.807, 2.05) is 32.0 Å². The van der Waals surface area contributed by atoms with Crippen LogP contribution in [0, 0.1) is 13.8 Å². The number of nitrogens with zero attached hydrogens (tertiary/aromatic N) is 2. The normalized spacial score (nSPS) is 14.0. The molecule has 2 amide bonds. The van der Waals surface area contributed by atoms with E-state index in [2.05, 4.69) is 0 Å². The van der Waals surface area contributed by atoms with Gasteiger partial charge in [0.25, 0.3) is 11.8 Å². The minimum absolute atomic E-state index is 0.00470. The molecule has 6 heteroatoms. The highest BCUT2D eigenvalue weighted by Crippen LogP contribution is 2.30. The van der Waals surface area contributed by atoms with Crippen molar-refractivity contribution in [1.29, 1.82) is 0 Å². The van der Waals surface area contributed by atoms with Gasteiger partial charge in [0.2, 0.25) is 0 Å². The van der Waals surface area contributed by atoms with Crippen molar-refractivity contribution in [2.24, 2.45) is 0 Å². The van der Waals surface area contributed by atoms with Crippen molar-refractivity contribution in [3.05, 3.63) is 58.7 Å². The second-order valence-corrected chi connectivity index (χ2v) is 6.92. The molecular weight excluding hydrogens is 356 g/mol. The standard InChI is InChI=1S/C22H26N2O4/c1-15-8-9-17(14-16(15)2)21(25)23-10-12-24(13-11-23)22(26)20-18(27-3)6-5-7-19(20)28-4/h5-9,14H,10-13H2,1-4H3. The molecule has 1 aliphatic heterocycles. The minimum Gasteiger partial charge on any atom is -0.496 e. The largest absolute Gasteiger partial charge is 0.496 e. The number of methoxy groups -OCH3 is 2. The summed E-state index contributed by atoms with van der Waals surface area (Å²) in [6.45, 7) is 5.96. The van der Waals surface area contributed by atoms with Crippen LogP contribution >= 0.6 is 0 Å². The van der Waals surface area contributed by atoms with Gasteiger partial charge in [-0.1, -0.05) is 12.1 Å². The van der Waals surface area contributed by atoms with Gasteiger partial charge in [-0.2, -0.15) is 0 Å². The van der Waals surface area contributed by atoms with Crippen molar-refractivity contribution in [1.82, 2.24) is 9.80 Å². The van der Waals surface area contributed by atoms with Gasteiger partial charge in [0, 0.05) is 31.7 Å². The zero-order chi connectivity index (χ0) is 20.3. The van der Waals surface area contributed by atoms with Gasteiger partial charge in [0.15, 0.2) is 0 Å². The molecule has 148 valence electrons. The molecule has 2 aromatic rings. The number of hydrogen-bond donors (Lipinski definition) is 0. The molecule has 2 aromatic carbocycles. The van der Waals surface area contributed by atoms with E-state index >= 15 is 0 Å². The Balaban J connectivity index is 1.71. The highest BCUT2D eigenvalue weighted by Gasteiger charge is 2.29. The van der Waals surface area contributed by atoms with Crippen LogP contribution in [-0.4, -0.2) is 62.0 Å². The third-order valence-corrected chi connectivity index (χ3v) is 5.25. The Morgan fingerprint density at radius 1 is 0.786 bits per heavy atom. The zero-order valence-electron chi connectivity index (χ0n) is 16.8. The number of amides is 2. The van der Waals surface area contributed by atoms with E-state index < -0.39 is 0 Å². The van der Waals surface area contributed by atoms with Crippen LogP contribution in [0.5, 0.6) is 11.5 Å². The Labute approximate surface area is 165 Å². The average molecular weight is 382 g/mol. The number of carbonyl (C=O) groups is 2. The predicted octanol–water partition coefficient (Wildman–Crippen LogP) is 2.92. The Morgan fingerprint density at radius 2 is 1.32 bits per heavy atom. The topological polar surface area (TPSA) is 59.1 Å². The van der Waals surface area contributed by atoms with E-state index in [1.54, 1.807) is 28.0 Å². The lowest BCUT2D eigenvalue weighted by Gasteiger charge is -2.35. The Morgan fingerprint density at radius 3 is 1.82 bits per heavy atom. The molecule has 1 aliphatic rings. The van der Waals surface area contributed by atoms with Crippen molar-refractivity contribution < 1.29 is 19.1 Å². The maximum atomic E-state index is 13.1. The molecule has 6 nitrogen and oxygen atoms in total. The molecule has 0 spiro atoms. The van der Waals surface area contributed by atoms with E-state index in [9.17, 15) is 9.59 Å². The first-order valence-electron chi connectivity index (χ1n) is 9.33. The highest BCUT2D eigenvalue weighted by molar-refractivity contribution is 6.00. The van der Waals surface area contributed by atoms with Crippen LogP contribution in [0.1, 0.15) is 31.8 Å². The number of carbonyl (C=O) groups excluding carboxylic acids is 2. The zero-order valence-corrected chi connectivity index (χ0v) is 16.8. The van der Waals surface area contributed by atoms with Crippen LogP contribution in [0.25, 0.3) is 0 Å². The summed E-state index contributed by atoms with van der Waals surface area (Å²) in [6.07, 6.45) is 0. The van der Waals surface area contributed by atoms with E-state index in [0.717, 1.165) is 11.1 Å². The van der Waals surface area contributed by atoms with Gasteiger partial charge in [0.05, 0.1) is 14.2 Å². The summed E-state index contributed by atoms with van der Waals surface area (Å²) in [5.41, 5.74) is 3.37. The predicted molar refractivity (Wildman–Crippen MR) is 107 cm³/mol. The number of hydrogen-bond acceptors (Lipinski definition) is 4. The highest BCUT2D eigenvalue weighted by atomic mass is 16.5. The smallest absolute Gasteiger partial charge is 0.261 e. The molecule has 3 rings (SSSR count). The number of ether oxygens (including phenoxy) is 2. The summed E-state index contributed by atoms with van der Waals surface area (Å²) in [6, 6.07) is 11.0. The summed E-state index contributed by atoms with van der Waals surface area (Å²) >= 11 is 0. The Bertz CT molecular complexity index is 864. The summed E-state index contributed by atoms with van der Waals surface area (Å²) < 4.78 is 10.7. The number of aryl methyl sites for hydroxylation is 2. The van der Waals surface area contributed by atoms with Crippen LogP contribution in [0.3, 0.4) is 0 Å². The first-order chi connectivity index (χ1) is 13.5. The molecule has 0 unspecified atom stereocenters. The first-order valence-corrected chi connectivity index (χ1v) is 9.33. The lowest BCUT2D eigenvalue weighted by Crippen LogP contribution is -2.50. The van der Waals surface area contributed by atoms with Gasteiger partial charge in [0.1, 0.15) is 17.1 Å². The van der Waals surface area contributed by atoms with E-state index in [0.29, 0.717) is 48.8 Å². The fraction of sp³-hybridized carbons (Fsp3) is 0.364. The molecule has 0 saturated carbocycles. The SMILES string of the molecule is COc1cccc(OC)c1C(=O)N1CCN(C(=O)c2ccc(C)c(C)c2)CC1. The molecule has 1 heterocycles. The van der Waals surface area contributed by atoms with E-state index in [-0.39, 0.29) is 11.8 Å². The molecule has 0 aromatic heterocycles. The van der Waals surface area contributed by atoms with Gasteiger partial charge in [-0.25, -0.2) is 0 Å². The van der Waals surface area contributed by atoms with Gasteiger partial charge >= 0.3 is 0 Å². The van der Waals surface area contributed by atoms with Gasteiger partial charge in [-0.3, -0.25) is 9.59 Å². The molecule has 0 N–H and O–H groups in total. The van der Waals surface area contributed by atoms with Crippen molar-refractivity contribution >= 4 is 11.8 Å². The number of piperazine rings is 1. The van der Waals surface area contributed by atoms with Crippen LogP contribution in [0.2, 0.25) is 0 Å². The Hall–Kier alpha value is -3.02. The lowest BCUT2D eigenvalue weighted by molar-refractivity contribution is 0.0531. The summed E-state index contributed by atoms with van der Waals surface area (Å²) in [7, 11) is 3.07. The second-order valence-electron chi connectivity index (χ2n) is 6.92. The quantitative estimate of drug-likeness (QED) is 0.816. The summed E-state index contributed by atoms with van der Waals surface area (Å²) in [4.78, 5) is 29.4. The maximum absolute atomic E-state index is 13.1. The minimum atomic E-state index is -0.146. The molecule has 0 radical (unpaired) electrons.